The summed E-state index contributed by atoms with van der Waals surface area (Å²) in [6.45, 7) is 2.08. The molecule has 0 aliphatic carbocycles. The highest BCUT2D eigenvalue weighted by Gasteiger charge is 2.23. The molecule has 3 rings (SSSR count). The van der Waals surface area contributed by atoms with E-state index in [1.165, 1.54) is 0 Å². The molecule has 0 fully saturated rings. The van der Waals surface area contributed by atoms with Gasteiger partial charge in [-0.2, -0.15) is 13.2 Å². The number of aryl methyl sites for hydroxylation is 1. The van der Waals surface area contributed by atoms with E-state index in [2.05, 4.69) is 16.9 Å². The van der Waals surface area contributed by atoms with Crippen LogP contribution < -0.4 is 0 Å². The van der Waals surface area contributed by atoms with Crippen LogP contribution in [0, 0.1) is 23.3 Å². The van der Waals surface area contributed by atoms with E-state index >= 15 is 0 Å². The molecule has 0 radical (unpaired) electrons. The number of alkyl halides is 3. The molecule has 2 aromatic carbocycles. The fourth-order valence-electron chi connectivity index (χ4n) is 3.26. The lowest BCUT2D eigenvalue weighted by molar-refractivity contribution is -0.0790. The Morgan fingerprint density at radius 2 is 1.33 bits per heavy atom. The monoisotopic (exact) mass is 468 g/mol. The van der Waals surface area contributed by atoms with Gasteiger partial charge >= 0.3 is 6.18 Å². The number of nitrogens with zero attached hydrogens (tertiary/aromatic N) is 2. The van der Waals surface area contributed by atoms with Crippen LogP contribution in [0.5, 0.6) is 0 Å². The molecule has 0 bridgehead atoms. The molecular weight excluding hydrogens is 449 g/mol. The number of allylic oxidation sites excluding steroid dienone is 1. The second-order valence-electron chi connectivity index (χ2n) is 7.42. The van der Waals surface area contributed by atoms with Gasteiger partial charge in [-0.15, -0.1) is 0 Å². The zero-order chi connectivity index (χ0) is 24.2. The predicted molar refractivity (Wildman–Crippen MR) is 111 cm³/mol. The van der Waals surface area contributed by atoms with Crippen molar-refractivity contribution in [3.63, 3.8) is 0 Å². The number of rotatable bonds is 7. The standard InChI is InChI=1S/C24H19F7N2/c1-2-3-4-5-14-12-32-23(33-13-14)16-10-20(27)22(21(28)11-16)15-8-18(25)17(19(26)9-15)6-7-24(29,30)31/h6-13H,2-5H2,1H3. The summed E-state index contributed by atoms with van der Waals surface area (Å²) in [5.74, 6) is -4.97. The summed E-state index contributed by atoms with van der Waals surface area (Å²) in [6, 6.07) is 3.00. The minimum Gasteiger partial charge on any atom is -0.236 e. The van der Waals surface area contributed by atoms with Crippen LogP contribution in [0.1, 0.15) is 37.3 Å². The first-order valence-corrected chi connectivity index (χ1v) is 10.1. The first-order chi connectivity index (χ1) is 15.6. The number of aromatic nitrogens is 2. The number of benzene rings is 2. The zero-order valence-electron chi connectivity index (χ0n) is 17.5. The Kier molecular flexibility index (Phi) is 7.50. The quantitative estimate of drug-likeness (QED) is 0.263. The second kappa shape index (κ2) is 10.1. The van der Waals surface area contributed by atoms with E-state index in [4.69, 9.17) is 0 Å². The summed E-state index contributed by atoms with van der Waals surface area (Å²) in [4.78, 5) is 8.26. The van der Waals surface area contributed by atoms with Gasteiger partial charge in [0.15, 0.2) is 5.82 Å². The fraction of sp³-hybridized carbons (Fsp3) is 0.250. The molecule has 0 saturated carbocycles. The minimum absolute atomic E-state index is 0.0273. The third-order valence-electron chi connectivity index (χ3n) is 4.88. The minimum atomic E-state index is -4.78. The summed E-state index contributed by atoms with van der Waals surface area (Å²) < 4.78 is 94.7. The number of halogens is 7. The largest absolute Gasteiger partial charge is 0.409 e. The molecule has 9 heteroatoms. The first kappa shape index (κ1) is 24.4. The van der Waals surface area contributed by atoms with Crippen LogP contribution >= 0.6 is 0 Å². The van der Waals surface area contributed by atoms with E-state index in [9.17, 15) is 30.7 Å². The number of hydrogen-bond acceptors (Lipinski definition) is 2. The molecule has 0 N–H and O–H groups in total. The Bertz CT molecular complexity index is 1110. The Labute approximate surface area is 185 Å². The van der Waals surface area contributed by atoms with E-state index in [1.807, 2.05) is 0 Å². The van der Waals surface area contributed by atoms with Crippen molar-refractivity contribution in [3.8, 4) is 22.5 Å². The van der Waals surface area contributed by atoms with Crippen LogP contribution in [0.3, 0.4) is 0 Å². The van der Waals surface area contributed by atoms with Gasteiger partial charge in [-0.05, 0) is 54.3 Å². The molecule has 0 aliphatic rings. The van der Waals surface area contributed by atoms with E-state index < -0.39 is 46.1 Å². The normalized spacial score (nSPS) is 12.0. The highest BCUT2D eigenvalue weighted by atomic mass is 19.4. The molecule has 0 atom stereocenters. The van der Waals surface area contributed by atoms with E-state index in [-0.39, 0.29) is 23.5 Å². The average Bonchev–Trinajstić information content (AvgIpc) is 2.72. The number of unbranched alkanes of at least 4 members (excludes halogenated alkanes) is 2. The molecule has 174 valence electrons. The van der Waals surface area contributed by atoms with Crippen molar-refractivity contribution < 1.29 is 30.7 Å². The lowest BCUT2D eigenvalue weighted by atomic mass is 9.99. The van der Waals surface area contributed by atoms with Gasteiger partial charge in [0.1, 0.15) is 23.3 Å². The second-order valence-corrected chi connectivity index (χ2v) is 7.42. The molecule has 3 aromatic rings. The fourth-order valence-corrected chi connectivity index (χ4v) is 3.26. The topological polar surface area (TPSA) is 25.8 Å². The molecule has 0 saturated heterocycles. The SMILES string of the molecule is CCCCCc1cnc(-c2cc(F)c(-c3cc(F)c(C=CC(F)(F)F)c(F)c3)c(F)c2)nc1. The van der Waals surface area contributed by atoms with Gasteiger partial charge in [0.05, 0.1) is 5.56 Å². The van der Waals surface area contributed by atoms with Crippen molar-refractivity contribution >= 4 is 6.08 Å². The molecule has 1 heterocycles. The van der Waals surface area contributed by atoms with Gasteiger partial charge in [-0.1, -0.05) is 19.8 Å². The molecule has 0 aliphatic heterocycles. The van der Waals surface area contributed by atoms with Gasteiger partial charge in [0.25, 0.3) is 0 Å². The summed E-state index contributed by atoms with van der Waals surface area (Å²) >= 11 is 0. The van der Waals surface area contributed by atoms with Crippen molar-refractivity contribution in [2.45, 2.75) is 38.8 Å². The molecular formula is C24H19F7N2. The third-order valence-corrected chi connectivity index (χ3v) is 4.88. The van der Waals surface area contributed by atoms with Crippen LogP contribution in [0.25, 0.3) is 28.6 Å². The molecule has 0 amide bonds. The van der Waals surface area contributed by atoms with Crippen LogP contribution in [-0.4, -0.2) is 16.1 Å². The van der Waals surface area contributed by atoms with Gasteiger partial charge in [0, 0.05) is 29.6 Å². The molecule has 1 aromatic heterocycles. The summed E-state index contributed by atoms with van der Waals surface area (Å²) in [5, 5.41) is 0. The maximum absolute atomic E-state index is 14.7. The van der Waals surface area contributed by atoms with E-state index in [0.29, 0.717) is 12.1 Å². The average molecular weight is 468 g/mol. The Morgan fingerprint density at radius 1 is 0.788 bits per heavy atom. The van der Waals surface area contributed by atoms with Crippen molar-refractivity contribution in [1.82, 2.24) is 9.97 Å². The molecule has 33 heavy (non-hydrogen) atoms. The predicted octanol–water partition coefficient (Wildman–Crippen LogP) is 7.68. The Balaban J connectivity index is 1.91. The maximum atomic E-state index is 14.7. The zero-order valence-corrected chi connectivity index (χ0v) is 17.5. The molecule has 2 nitrogen and oxygen atoms in total. The van der Waals surface area contributed by atoms with Crippen LogP contribution in [0.15, 0.2) is 42.7 Å². The van der Waals surface area contributed by atoms with Crippen LogP contribution in [-0.2, 0) is 6.42 Å². The van der Waals surface area contributed by atoms with E-state index in [0.717, 1.165) is 43.4 Å². The van der Waals surface area contributed by atoms with Crippen molar-refractivity contribution in [1.29, 1.82) is 0 Å². The highest BCUT2D eigenvalue weighted by Crippen LogP contribution is 2.32. The Morgan fingerprint density at radius 3 is 1.85 bits per heavy atom. The van der Waals surface area contributed by atoms with Crippen LogP contribution in [0.4, 0.5) is 30.7 Å². The molecule has 0 spiro atoms. The van der Waals surface area contributed by atoms with Crippen molar-refractivity contribution in [3.05, 3.63) is 77.1 Å². The van der Waals surface area contributed by atoms with Crippen LogP contribution in [0.2, 0.25) is 0 Å². The third kappa shape index (κ3) is 6.18. The van der Waals surface area contributed by atoms with Gasteiger partial charge in [-0.25, -0.2) is 27.5 Å². The van der Waals surface area contributed by atoms with Crippen molar-refractivity contribution in [2.75, 3.05) is 0 Å². The van der Waals surface area contributed by atoms with Gasteiger partial charge < -0.3 is 0 Å². The summed E-state index contributed by atoms with van der Waals surface area (Å²) in [7, 11) is 0. The number of hydrogen-bond donors (Lipinski definition) is 0. The van der Waals surface area contributed by atoms with Gasteiger partial charge in [-0.3, -0.25) is 0 Å². The van der Waals surface area contributed by atoms with Gasteiger partial charge in [0.2, 0.25) is 0 Å². The lowest BCUT2D eigenvalue weighted by Gasteiger charge is -2.10. The van der Waals surface area contributed by atoms with Crippen molar-refractivity contribution in [2.24, 2.45) is 0 Å². The lowest BCUT2D eigenvalue weighted by Crippen LogP contribution is -2.01. The summed E-state index contributed by atoms with van der Waals surface area (Å²) in [5.41, 5.74) is -1.28. The first-order valence-electron chi connectivity index (χ1n) is 10.1. The molecule has 0 unspecified atom stereocenters. The Hall–Kier alpha value is -3.23. The highest BCUT2D eigenvalue weighted by molar-refractivity contribution is 5.71. The smallest absolute Gasteiger partial charge is 0.236 e. The maximum Gasteiger partial charge on any atom is 0.409 e. The summed E-state index contributed by atoms with van der Waals surface area (Å²) in [6.07, 6.45) is 2.11. The van der Waals surface area contributed by atoms with E-state index in [1.54, 1.807) is 12.4 Å².